The van der Waals surface area contributed by atoms with Crippen LogP contribution in [-0.2, 0) is 6.42 Å². The average Bonchev–Trinajstić information content (AvgIpc) is 2.33. The number of nitrogens with zero attached hydrogens (tertiary/aromatic N) is 2. The van der Waals surface area contributed by atoms with E-state index in [4.69, 9.17) is 17.3 Å². The molecule has 6 heteroatoms. The molecule has 0 saturated carbocycles. The molecule has 94 valence electrons. The van der Waals surface area contributed by atoms with Gasteiger partial charge < -0.3 is 11.1 Å². The first-order valence-corrected chi connectivity index (χ1v) is 6.61. The second-order valence-corrected chi connectivity index (χ2v) is 4.96. The molecule has 4 nitrogen and oxygen atoms in total. The molecule has 0 spiro atoms. The van der Waals surface area contributed by atoms with Gasteiger partial charge in [-0.1, -0.05) is 18.5 Å². The number of aryl methyl sites for hydroxylation is 1. The number of rotatable bonds is 3. The van der Waals surface area contributed by atoms with Crippen molar-refractivity contribution in [1.29, 1.82) is 0 Å². The molecule has 0 aliphatic rings. The van der Waals surface area contributed by atoms with Gasteiger partial charge >= 0.3 is 0 Å². The average molecular weight is 328 g/mol. The number of benzene rings is 1. The predicted octanol–water partition coefficient (Wildman–Crippen LogP) is 3.78. The van der Waals surface area contributed by atoms with Gasteiger partial charge in [0.2, 0.25) is 0 Å². The van der Waals surface area contributed by atoms with Gasteiger partial charge in [0, 0.05) is 22.6 Å². The van der Waals surface area contributed by atoms with E-state index in [0.29, 0.717) is 22.5 Å². The van der Waals surface area contributed by atoms with Crippen LogP contribution in [0.3, 0.4) is 0 Å². The molecule has 1 heterocycles. The van der Waals surface area contributed by atoms with E-state index in [2.05, 4.69) is 31.2 Å². The van der Waals surface area contributed by atoms with Crippen molar-refractivity contribution < 1.29 is 0 Å². The maximum atomic E-state index is 6.03. The molecule has 0 radical (unpaired) electrons. The Morgan fingerprint density at radius 2 is 2.11 bits per heavy atom. The largest absolute Gasteiger partial charge is 0.384 e. The molecule has 0 atom stereocenters. The van der Waals surface area contributed by atoms with Gasteiger partial charge in [0.1, 0.15) is 17.5 Å². The minimum Gasteiger partial charge on any atom is -0.384 e. The third kappa shape index (κ3) is 3.11. The van der Waals surface area contributed by atoms with Crippen LogP contribution in [-0.4, -0.2) is 9.97 Å². The number of hydrogen-bond acceptors (Lipinski definition) is 4. The SMILES string of the molecule is CCc1nc(N)cc(Nc2ccc(Br)c(Cl)c2)n1. The molecular weight excluding hydrogens is 316 g/mol. The van der Waals surface area contributed by atoms with Crippen LogP contribution in [0.1, 0.15) is 12.7 Å². The number of nitrogens with two attached hydrogens (primary N) is 1. The van der Waals surface area contributed by atoms with Gasteiger partial charge in [-0.05, 0) is 34.1 Å². The molecule has 3 N–H and O–H groups in total. The molecule has 0 saturated heterocycles. The van der Waals surface area contributed by atoms with E-state index < -0.39 is 0 Å². The van der Waals surface area contributed by atoms with Crippen LogP contribution in [0.2, 0.25) is 5.02 Å². The molecule has 1 aromatic carbocycles. The summed E-state index contributed by atoms with van der Waals surface area (Å²) < 4.78 is 0.853. The highest BCUT2D eigenvalue weighted by Crippen LogP contribution is 2.27. The lowest BCUT2D eigenvalue weighted by molar-refractivity contribution is 0.948. The zero-order valence-corrected chi connectivity index (χ0v) is 12.1. The van der Waals surface area contributed by atoms with E-state index in [1.165, 1.54) is 0 Å². The lowest BCUT2D eigenvalue weighted by Crippen LogP contribution is -2.02. The quantitative estimate of drug-likeness (QED) is 0.900. The molecule has 0 aliphatic carbocycles. The smallest absolute Gasteiger partial charge is 0.136 e. The summed E-state index contributed by atoms with van der Waals surface area (Å²) in [7, 11) is 0. The lowest BCUT2D eigenvalue weighted by atomic mass is 10.3. The fraction of sp³-hybridized carbons (Fsp3) is 0.167. The van der Waals surface area contributed by atoms with Crippen molar-refractivity contribution in [3.63, 3.8) is 0 Å². The van der Waals surface area contributed by atoms with E-state index in [0.717, 1.165) is 16.6 Å². The lowest BCUT2D eigenvalue weighted by Gasteiger charge is -2.08. The number of aromatic nitrogens is 2. The summed E-state index contributed by atoms with van der Waals surface area (Å²) in [6, 6.07) is 7.28. The Morgan fingerprint density at radius 3 is 2.78 bits per heavy atom. The molecule has 0 aliphatic heterocycles. The highest BCUT2D eigenvalue weighted by molar-refractivity contribution is 9.10. The molecule has 0 bridgehead atoms. The molecule has 18 heavy (non-hydrogen) atoms. The minimum absolute atomic E-state index is 0.451. The minimum atomic E-state index is 0.451. The second-order valence-electron chi connectivity index (χ2n) is 3.70. The summed E-state index contributed by atoms with van der Waals surface area (Å²) in [4.78, 5) is 8.46. The first-order chi connectivity index (χ1) is 8.58. The summed E-state index contributed by atoms with van der Waals surface area (Å²) in [6.45, 7) is 1.98. The summed E-state index contributed by atoms with van der Waals surface area (Å²) in [6.07, 6.45) is 0.737. The van der Waals surface area contributed by atoms with Gasteiger partial charge in [-0.2, -0.15) is 0 Å². The van der Waals surface area contributed by atoms with E-state index in [-0.39, 0.29) is 0 Å². The number of hydrogen-bond donors (Lipinski definition) is 2. The maximum absolute atomic E-state index is 6.03. The fourth-order valence-corrected chi connectivity index (χ4v) is 1.89. The Bertz CT molecular complexity index is 574. The topological polar surface area (TPSA) is 63.8 Å². The van der Waals surface area contributed by atoms with Crippen LogP contribution in [0.5, 0.6) is 0 Å². The van der Waals surface area contributed by atoms with Crippen LogP contribution in [0.15, 0.2) is 28.7 Å². The van der Waals surface area contributed by atoms with Crippen LogP contribution in [0, 0.1) is 0 Å². The van der Waals surface area contributed by atoms with Gasteiger partial charge in [0.25, 0.3) is 0 Å². The van der Waals surface area contributed by atoms with E-state index in [9.17, 15) is 0 Å². The first kappa shape index (κ1) is 13.1. The van der Waals surface area contributed by atoms with Crippen molar-refractivity contribution in [1.82, 2.24) is 9.97 Å². The van der Waals surface area contributed by atoms with Crippen molar-refractivity contribution >= 4 is 44.9 Å². The van der Waals surface area contributed by atoms with Crippen LogP contribution in [0.4, 0.5) is 17.3 Å². The normalized spacial score (nSPS) is 10.4. The van der Waals surface area contributed by atoms with E-state index >= 15 is 0 Å². The van der Waals surface area contributed by atoms with Crippen molar-refractivity contribution in [3.8, 4) is 0 Å². The second kappa shape index (κ2) is 5.54. The Balaban J connectivity index is 2.27. The van der Waals surface area contributed by atoms with Crippen molar-refractivity contribution in [2.75, 3.05) is 11.1 Å². The zero-order chi connectivity index (χ0) is 13.1. The highest BCUT2D eigenvalue weighted by Gasteiger charge is 2.03. The van der Waals surface area contributed by atoms with Crippen molar-refractivity contribution in [2.45, 2.75) is 13.3 Å². The van der Waals surface area contributed by atoms with E-state index in [1.54, 1.807) is 6.07 Å². The summed E-state index contributed by atoms with van der Waals surface area (Å²) in [5.41, 5.74) is 6.57. The predicted molar refractivity (Wildman–Crippen MR) is 78.3 cm³/mol. The molecular formula is C12H12BrClN4. The van der Waals surface area contributed by atoms with Crippen LogP contribution >= 0.6 is 27.5 Å². The fourth-order valence-electron chi connectivity index (χ4n) is 1.46. The van der Waals surface area contributed by atoms with Gasteiger partial charge in [0.15, 0.2) is 0 Å². The number of anilines is 3. The first-order valence-electron chi connectivity index (χ1n) is 5.44. The van der Waals surface area contributed by atoms with Gasteiger partial charge in [-0.15, -0.1) is 0 Å². The van der Waals surface area contributed by atoms with Gasteiger partial charge in [-0.3, -0.25) is 0 Å². The van der Waals surface area contributed by atoms with Crippen LogP contribution in [0.25, 0.3) is 0 Å². The number of nitrogen functional groups attached to an aromatic ring is 1. The summed E-state index contributed by atoms with van der Waals surface area (Å²) in [5.74, 6) is 1.83. The standard InChI is InChI=1S/C12H12BrClN4/c1-2-11-17-10(15)6-12(18-11)16-7-3-4-8(13)9(14)5-7/h3-6H,2H2,1H3,(H3,15,16,17,18). The monoisotopic (exact) mass is 326 g/mol. The van der Waals surface area contributed by atoms with Crippen LogP contribution < -0.4 is 11.1 Å². The van der Waals surface area contributed by atoms with E-state index in [1.807, 2.05) is 25.1 Å². The summed E-state index contributed by atoms with van der Waals surface area (Å²) in [5, 5.41) is 3.79. The molecule has 2 aromatic rings. The molecule has 0 fully saturated rings. The Hall–Kier alpha value is -1.33. The van der Waals surface area contributed by atoms with Crippen molar-refractivity contribution in [2.24, 2.45) is 0 Å². The number of halogens is 2. The third-order valence-corrected chi connectivity index (χ3v) is 3.53. The molecule has 0 amide bonds. The highest BCUT2D eigenvalue weighted by atomic mass is 79.9. The molecule has 2 rings (SSSR count). The third-order valence-electron chi connectivity index (χ3n) is 2.30. The number of nitrogens with one attached hydrogen (secondary N) is 1. The molecule has 0 unspecified atom stereocenters. The summed E-state index contributed by atoms with van der Waals surface area (Å²) >= 11 is 9.37. The van der Waals surface area contributed by atoms with Gasteiger partial charge in [-0.25, -0.2) is 9.97 Å². The Kier molecular flexibility index (Phi) is 4.04. The maximum Gasteiger partial charge on any atom is 0.136 e. The molecule has 1 aromatic heterocycles. The van der Waals surface area contributed by atoms with Crippen molar-refractivity contribution in [3.05, 3.63) is 39.6 Å². The van der Waals surface area contributed by atoms with Gasteiger partial charge in [0.05, 0.1) is 5.02 Å². The Labute approximate surface area is 119 Å². The zero-order valence-electron chi connectivity index (χ0n) is 9.74. The Morgan fingerprint density at radius 1 is 1.33 bits per heavy atom.